The average Bonchev–Trinajstić information content (AvgIpc) is 2.37. The number of hydrogen-bond donors (Lipinski definition) is 1. The van der Waals surface area contributed by atoms with E-state index in [9.17, 15) is 21.6 Å². The van der Waals surface area contributed by atoms with Crippen LogP contribution in [0.25, 0.3) is 0 Å². The van der Waals surface area contributed by atoms with Crippen molar-refractivity contribution in [3.05, 3.63) is 17.7 Å². The lowest BCUT2D eigenvalue weighted by atomic mass is 10.2. The first-order chi connectivity index (χ1) is 9.49. The lowest BCUT2D eigenvalue weighted by molar-refractivity contribution is -0.135. The van der Waals surface area contributed by atoms with Crippen LogP contribution in [0.1, 0.15) is 12.0 Å². The number of alkyl halides is 3. The zero-order valence-electron chi connectivity index (χ0n) is 11.9. The SMILES string of the molecule is COc1cc(C)c(N)cc1S(=O)(=O)N(C)CCC(F)(F)F. The van der Waals surface area contributed by atoms with E-state index >= 15 is 0 Å². The number of halogens is 3. The summed E-state index contributed by atoms with van der Waals surface area (Å²) in [6.07, 6.45) is -5.66. The van der Waals surface area contributed by atoms with Crippen LogP contribution in [0.4, 0.5) is 18.9 Å². The molecule has 0 atom stereocenters. The van der Waals surface area contributed by atoms with Gasteiger partial charge in [-0.15, -0.1) is 0 Å². The quantitative estimate of drug-likeness (QED) is 0.842. The molecule has 1 aromatic carbocycles. The second-order valence-electron chi connectivity index (χ2n) is 4.55. The lowest BCUT2D eigenvalue weighted by Gasteiger charge is -2.20. The average molecular weight is 326 g/mol. The molecule has 0 aromatic heterocycles. The summed E-state index contributed by atoms with van der Waals surface area (Å²) in [6, 6.07) is 2.62. The van der Waals surface area contributed by atoms with Crippen molar-refractivity contribution in [2.75, 3.05) is 26.4 Å². The molecule has 0 radical (unpaired) electrons. The molecule has 0 aliphatic carbocycles. The number of anilines is 1. The molecule has 0 saturated heterocycles. The van der Waals surface area contributed by atoms with E-state index in [2.05, 4.69) is 0 Å². The first-order valence-corrected chi connectivity index (χ1v) is 7.40. The van der Waals surface area contributed by atoms with Gasteiger partial charge in [0.1, 0.15) is 10.6 Å². The number of nitrogen functional groups attached to an aromatic ring is 1. The van der Waals surface area contributed by atoms with Crippen LogP contribution in [-0.4, -0.2) is 39.6 Å². The summed E-state index contributed by atoms with van der Waals surface area (Å²) >= 11 is 0. The smallest absolute Gasteiger partial charge is 0.390 e. The van der Waals surface area contributed by atoms with E-state index in [-0.39, 0.29) is 16.3 Å². The van der Waals surface area contributed by atoms with E-state index in [1.54, 1.807) is 6.92 Å². The van der Waals surface area contributed by atoms with Gasteiger partial charge in [0.25, 0.3) is 0 Å². The third-order valence-electron chi connectivity index (χ3n) is 2.95. The van der Waals surface area contributed by atoms with Crippen molar-refractivity contribution >= 4 is 15.7 Å². The number of hydrogen-bond acceptors (Lipinski definition) is 4. The van der Waals surface area contributed by atoms with Gasteiger partial charge in [-0.3, -0.25) is 0 Å². The highest BCUT2D eigenvalue weighted by molar-refractivity contribution is 7.89. The minimum absolute atomic E-state index is 0.0422. The van der Waals surface area contributed by atoms with Gasteiger partial charge < -0.3 is 10.5 Å². The number of nitrogens with zero attached hydrogens (tertiary/aromatic N) is 1. The van der Waals surface area contributed by atoms with Crippen molar-refractivity contribution in [2.24, 2.45) is 0 Å². The van der Waals surface area contributed by atoms with Crippen molar-refractivity contribution in [2.45, 2.75) is 24.4 Å². The van der Waals surface area contributed by atoms with E-state index in [0.717, 1.165) is 7.05 Å². The maximum absolute atomic E-state index is 12.3. The predicted molar refractivity (Wildman–Crippen MR) is 72.6 cm³/mol. The summed E-state index contributed by atoms with van der Waals surface area (Å²) < 4.78 is 66.9. The van der Waals surface area contributed by atoms with E-state index in [1.165, 1.54) is 19.2 Å². The molecule has 2 N–H and O–H groups in total. The fourth-order valence-corrected chi connectivity index (χ4v) is 2.95. The molecule has 120 valence electrons. The highest BCUT2D eigenvalue weighted by Crippen LogP contribution is 2.31. The first kappa shape index (κ1) is 17.6. The number of nitrogens with two attached hydrogens (primary N) is 1. The first-order valence-electron chi connectivity index (χ1n) is 5.96. The van der Waals surface area contributed by atoms with Crippen LogP contribution < -0.4 is 10.5 Å². The number of sulfonamides is 1. The van der Waals surface area contributed by atoms with Gasteiger partial charge in [-0.05, 0) is 24.6 Å². The number of benzene rings is 1. The third kappa shape index (κ3) is 4.24. The van der Waals surface area contributed by atoms with Gasteiger partial charge in [0.05, 0.1) is 13.5 Å². The molecular weight excluding hydrogens is 309 g/mol. The van der Waals surface area contributed by atoms with Crippen LogP contribution >= 0.6 is 0 Å². The van der Waals surface area contributed by atoms with Crippen LogP contribution in [0.5, 0.6) is 5.75 Å². The van der Waals surface area contributed by atoms with E-state index in [4.69, 9.17) is 10.5 Å². The second kappa shape index (κ2) is 6.10. The lowest BCUT2D eigenvalue weighted by Crippen LogP contribution is -2.31. The Labute approximate surface area is 121 Å². The topological polar surface area (TPSA) is 72.6 Å². The minimum atomic E-state index is -4.43. The molecule has 1 aromatic rings. The number of rotatable bonds is 5. The van der Waals surface area contributed by atoms with Crippen molar-refractivity contribution in [1.29, 1.82) is 0 Å². The summed E-state index contributed by atoms with van der Waals surface area (Å²) in [6.45, 7) is 0.990. The Hall–Kier alpha value is -1.48. The fourth-order valence-electron chi connectivity index (χ4n) is 1.61. The van der Waals surface area contributed by atoms with Crippen molar-refractivity contribution in [3.63, 3.8) is 0 Å². The van der Waals surface area contributed by atoms with Gasteiger partial charge in [-0.25, -0.2) is 12.7 Å². The van der Waals surface area contributed by atoms with Crippen molar-refractivity contribution in [3.8, 4) is 5.75 Å². The summed E-state index contributed by atoms with van der Waals surface area (Å²) in [5.41, 5.74) is 6.50. The van der Waals surface area contributed by atoms with Crippen molar-refractivity contribution < 1.29 is 26.3 Å². The van der Waals surface area contributed by atoms with E-state index in [1.807, 2.05) is 0 Å². The van der Waals surface area contributed by atoms with Crippen LogP contribution in [0.2, 0.25) is 0 Å². The predicted octanol–water partition coefficient (Wildman–Crippen LogP) is 2.16. The molecule has 0 amide bonds. The van der Waals surface area contributed by atoms with Crippen LogP contribution in [0.3, 0.4) is 0 Å². The molecule has 0 saturated carbocycles. The van der Waals surface area contributed by atoms with Gasteiger partial charge in [0, 0.05) is 19.3 Å². The molecule has 0 aliphatic heterocycles. The third-order valence-corrected chi connectivity index (χ3v) is 4.83. The number of ether oxygens (including phenoxy) is 1. The van der Waals surface area contributed by atoms with Gasteiger partial charge >= 0.3 is 6.18 Å². The van der Waals surface area contributed by atoms with Gasteiger partial charge in [-0.1, -0.05) is 0 Å². The maximum atomic E-state index is 12.3. The van der Waals surface area contributed by atoms with Gasteiger partial charge in [0.2, 0.25) is 10.0 Å². The Balaban J connectivity index is 3.16. The number of methoxy groups -OCH3 is 1. The highest BCUT2D eigenvalue weighted by Gasteiger charge is 2.31. The maximum Gasteiger partial charge on any atom is 0.390 e. The second-order valence-corrected chi connectivity index (χ2v) is 6.56. The zero-order valence-corrected chi connectivity index (χ0v) is 12.7. The van der Waals surface area contributed by atoms with Crippen LogP contribution in [0, 0.1) is 6.92 Å². The monoisotopic (exact) mass is 326 g/mol. The Morgan fingerprint density at radius 2 is 1.90 bits per heavy atom. The standard InChI is InChI=1S/C12H17F3N2O3S/c1-8-6-10(20-3)11(7-9(8)16)21(18,19)17(2)5-4-12(13,14)15/h6-7H,4-5,16H2,1-3H3. The summed E-state index contributed by atoms with van der Waals surface area (Å²) in [4.78, 5) is -0.252. The summed E-state index contributed by atoms with van der Waals surface area (Å²) in [5.74, 6) is 0.0422. The van der Waals surface area contributed by atoms with E-state index < -0.39 is 29.2 Å². The Kier molecular flexibility index (Phi) is 5.11. The minimum Gasteiger partial charge on any atom is -0.495 e. The molecule has 9 heteroatoms. The molecule has 1 rings (SSSR count). The van der Waals surface area contributed by atoms with Crippen LogP contribution in [0.15, 0.2) is 17.0 Å². The Morgan fingerprint density at radius 3 is 2.38 bits per heavy atom. The molecule has 0 unspecified atom stereocenters. The highest BCUT2D eigenvalue weighted by atomic mass is 32.2. The van der Waals surface area contributed by atoms with E-state index in [0.29, 0.717) is 9.87 Å². The molecule has 0 heterocycles. The largest absolute Gasteiger partial charge is 0.495 e. The van der Waals surface area contributed by atoms with Crippen LogP contribution in [-0.2, 0) is 10.0 Å². The normalized spacial score (nSPS) is 12.7. The summed E-state index contributed by atoms with van der Waals surface area (Å²) in [5, 5.41) is 0. The zero-order chi connectivity index (χ0) is 16.4. The van der Waals surface area contributed by atoms with Gasteiger partial charge in [0.15, 0.2) is 0 Å². The fraction of sp³-hybridized carbons (Fsp3) is 0.500. The van der Waals surface area contributed by atoms with Gasteiger partial charge in [-0.2, -0.15) is 13.2 Å². The Morgan fingerprint density at radius 1 is 1.33 bits per heavy atom. The molecule has 0 bridgehead atoms. The Bertz CT molecular complexity index is 615. The number of aryl methyl sites for hydroxylation is 1. The molecule has 0 fully saturated rings. The molecule has 21 heavy (non-hydrogen) atoms. The molecule has 5 nitrogen and oxygen atoms in total. The molecular formula is C12H17F3N2O3S. The molecule has 0 aliphatic rings. The molecule has 0 spiro atoms. The summed E-state index contributed by atoms with van der Waals surface area (Å²) in [7, 11) is -1.76. The van der Waals surface area contributed by atoms with Crippen molar-refractivity contribution in [1.82, 2.24) is 4.31 Å².